The second-order valence-corrected chi connectivity index (χ2v) is 4.56. The molecular formula is C16H16F2N2O. The van der Waals surface area contributed by atoms with Crippen molar-refractivity contribution in [3.63, 3.8) is 0 Å². The van der Waals surface area contributed by atoms with Gasteiger partial charge in [-0.3, -0.25) is 4.79 Å². The Bertz CT molecular complexity index is 644. The number of amides is 1. The Morgan fingerprint density at radius 2 is 1.90 bits per heavy atom. The Morgan fingerprint density at radius 3 is 2.62 bits per heavy atom. The highest BCUT2D eigenvalue weighted by atomic mass is 19.2. The van der Waals surface area contributed by atoms with Gasteiger partial charge in [0.1, 0.15) is 0 Å². The number of nitrogens with one attached hydrogen (secondary N) is 2. The third-order valence-electron chi connectivity index (χ3n) is 2.95. The summed E-state index contributed by atoms with van der Waals surface area (Å²) in [5.74, 6) is -2.49. The summed E-state index contributed by atoms with van der Waals surface area (Å²) in [4.78, 5) is 12.0. The lowest BCUT2D eigenvalue weighted by atomic mass is 10.1. The van der Waals surface area contributed by atoms with Gasteiger partial charge in [-0.15, -0.1) is 0 Å². The second kappa shape index (κ2) is 6.95. The van der Waals surface area contributed by atoms with E-state index in [0.717, 1.165) is 24.2 Å². The standard InChI is InChI=1S/C16H16F2N2O/c1-2-19-10-11-4-3-5-13(8-11)20-16(21)12-6-7-14(17)15(18)9-12/h3-9,19H,2,10H2,1H3,(H,20,21). The first kappa shape index (κ1) is 15.1. The summed E-state index contributed by atoms with van der Waals surface area (Å²) in [6.45, 7) is 3.56. The summed E-state index contributed by atoms with van der Waals surface area (Å²) in [6, 6.07) is 10.4. The molecule has 2 aromatic rings. The van der Waals surface area contributed by atoms with Crippen molar-refractivity contribution in [1.29, 1.82) is 0 Å². The third-order valence-corrected chi connectivity index (χ3v) is 2.95. The molecule has 0 aliphatic carbocycles. The van der Waals surface area contributed by atoms with Crippen molar-refractivity contribution in [2.24, 2.45) is 0 Å². The minimum Gasteiger partial charge on any atom is -0.322 e. The van der Waals surface area contributed by atoms with Crippen molar-refractivity contribution in [2.75, 3.05) is 11.9 Å². The van der Waals surface area contributed by atoms with Gasteiger partial charge in [0.25, 0.3) is 5.91 Å². The predicted octanol–water partition coefficient (Wildman–Crippen LogP) is 3.33. The third kappa shape index (κ3) is 4.10. The molecule has 21 heavy (non-hydrogen) atoms. The van der Waals surface area contributed by atoms with Gasteiger partial charge in [0.05, 0.1) is 0 Å². The van der Waals surface area contributed by atoms with Crippen molar-refractivity contribution >= 4 is 11.6 Å². The summed E-state index contributed by atoms with van der Waals surface area (Å²) in [5.41, 5.74) is 1.71. The average molecular weight is 290 g/mol. The maximum Gasteiger partial charge on any atom is 0.255 e. The fourth-order valence-corrected chi connectivity index (χ4v) is 1.87. The number of hydrogen-bond acceptors (Lipinski definition) is 2. The van der Waals surface area contributed by atoms with E-state index in [-0.39, 0.29) is 5.56 Å². The fraction of sp³-hybridized carbons (Fsp3) is 0.188. The summed E-state index contributed by atoms with van der Waals surface area (Å²) >= 11 is 0. The lowest BCUT2D eigenvalue weighted by Crippen LogP contribution is -2.14. The Kier molecular flexibility index (Phi) is 5.00. The van der Waals surface area contributed by atoms with E-state index in [1.54, 1.807) is 6.07 Å². The van der Waals surface area contributed by atoms with Gasteiger partial charge in [-0.05, 0) is 42.4 Å². The average Bonchev–Trinajstić information content (AvgIpc) is 2.48. The van der Waals surface area contributed by atoms with Crippen molar-refractivity contribution in [2.45, 2.75) is 13.5 Å². The van der Waals surface area contributed by atoms with Crippen molar-refractivity contribution in [1.82, 2.24) is 5.32 Å². The van der Waals surface area contributed by atoms with Crippen LogP contribution in [0.5, 0.6) is 0 Å². The molecule has 0 aliphatic rings. The van der Waals surface area contributed by atoms with Crippen molar-refractivity contribution in [3.8, 4) is 0 Å². The lowest BCUT2D eigenvalue weighted by molar-refractivity contribution is 0.102. The molecule has 2 N–H and O–H groups in total. The number of rotatable bonds is 5. The summed E-state index contributed by atoms with van der Waals surface area (Å²) < 4.78 is 26.0. The molecular weight excluding hydrogens is 274 g/mol. The molecule has 1 amide bonds. The molecule has 0 bridgehead atoms. The molecule has 0 fully saturated rings. The van der Waals surface area contributed by atoms with E-state index in [1.807, 2.05) is 25.1 Å². The molecule has 0 radical (unpaired) electrons. The van der Waals surface area contributed by atoms with Gasteiger partial charge in [-0.25, -0.2) is 8.78 Å². The zero-order chi connectivity index (χ0) is 15.2. The van der Waals surface area contributed by atoms with E-state index in [0.29, 0.717) is 12.2 Å². The zero-order valence-electron chi connectivity index (χ0n) is 11.6. The highest BCUT2D eigenvalue weighted by Gasteiger charge is 2.10. The highest BCUT2D eigenvalue weighted by Crippen LogP contribution is 2.14. The van der Waals surface area contributed by atoms with E-state index < -0.39 is 17.5 Å². The lowest BCUT2D eigenvalue weighted by Gasteiger charge is -2.08. The Balaban J connectivity index is 2.10. The molecule has 5 heteroatoms. The van der Waals surface area contributed by atoms with E-state index >= 15 is 0 Å². The molecule has 0 aliphatic heterocycles. The number of carbonyl (C=O) groups excluding carboxylic acids is 1. The number of benzene rings is 2. The van der Waals surface area contributed by atoms with Crippen LogP contribution in [0.3, 0.4) is 0 Å². The SMILES string of the molecule is CCNCc1cccc(NC(=O)c2ccc(F)c(F)c2)c1. The molecule has 3 nitrogen and oxygen atoms in total. The second-order valence-electron chi connectivity index (χ2n) is 4.56. The van der Waals surface area contributed by atoms with E-state index in [2.05, 4.69) is 10.6 Å². The van der Waals surface area contributed by atoms with Crippen LogP contribution < -0.4 is 10.6 Å². The van der Waals surface area contributed by atoms with Crippen LogP contribution in [0.25, 0.3) is 0 Å². The minimum atomic E-state index is -1.04. The predicted molar refractivity (Wildman–Crippen MR) is 78.1 cm³/mol. The summed E-state index contributed by atoms with van der Waals surface area (Å²) in [5, 5.41) is 5.85. The molecule has 0 spiro atoms. The first-order valence-corrected chi connectivity index (χ1v) is 6.66. The first-order valence-electron chi connectivity index (χ1n) is 6.66. The molecule has 2 aromatic carbocycles. The van der Waals surface area contributed by atoms with Crippen LogP contribution in [0, 0.1) is 11.6 Å². The molecule has 110 valence electrons. The van der Waals surface area contributed by atoms with Crippen LogP contribution in [0.15, 0.2) is 42.5 Å². The van der Waals surface area contributed by atoms with Crippen LogP contribution in [-0.4, -0.2) is 12.5 Å². The van der Waals surface area contributed by atoms with E-state index in [4.69, 9.17) is 0 Å². The number of hydrogen-bond donors (Lipinski definition) is 2. The van der Waals surface area contributed by atoms with Gasteiger partial charge < -0.3 is 10.6 Å². The monoisotopic (exact) mass is 290 g/mol. The first-order chi connectivity index (χ1) is 10.1. The summed E-state index contributed by atoms with van der Waals surface area (Å²) in [6.07, 6.45) is 0. The molecule has 0 heterocycles. The van der Waals surface area contributed by atoms with Crippen LogP contribution in [0.4, 0.5) is 14.5 Å². The summed E-state index contributed by atoms with van der Waals surface area (Å²) in [7, 11) is 0. The smallest absolute Gasteiger partial charge is 0.255 e. The molecule has 0 atom stereocenters. The Hall–Kier alpha value is -2.27. The normalized spacial score (nSPS) is 10.4. The Labute approximate surface area is 122 Å². The topological polar surface area (TPSA) is 41.1 Å². The number of anilines is 1. The maximum absolute atomic E-state index is 13.1. The van der Waals surface area contributed by atoms with Gasteiger partial charge in [0.15, 0.2) is 11.6 Å². The van der Waals surface area contributed by atoms with Crippen molar-refractivity contribution in [3.05, 3.63) is 65.2 Å². The zero-order valence-corrected chi connectivity index (χ0v) is 11.6. The van der Waals surface area contributed by atoms with Gasteiger partial charge in [0.2, 0.25) is 0 Å². The number of halogens is 2. The van der Waals surface area contributed by atoms with Crippen LogP contribution in [0.2, 0.25) is 0 Å². The van der Waals surface area contributed by atoms with Crippen LogP contribution >= 0.6 is 0 Å². The van der Waals surface area contributed by atoms with Gasteiger partial charge in [-0.2, -0.15) is 0 Å². The van der Waals surface area contributed by atoms with E-state index in [1.165, 1.54) is 6.07 Å². The van der Waals surface area contributed by atoms with Crippen molar-refractivity contribution < 1.29 is 13.6 Å². The Morgan fingerprint density at radius 1 is 1.10 bits per heavy atom. The largest absolute Gasteiger partial charge is 0.322 e. The van der Waals surface area contributed by atoms with Crippen LogP contribution in [-0.2, 0) is 6.54 Å². The number of carbonyl (C=O) groups is 1. The van der Waals surface area contributed by atoms with E-state index in [9.17, 15) is 13.6 Å². The molecule has 0 unspecified atom stereocenters. The maximum atomic E-state index is 13.1. The molecule has 0 aromatic heterocycles. The molecule has 0 saturated heterocycles. The fourth-order valence-electron chi connectivity index (χ4n) is 1.87. The van der Waals surface area contributed by atoms with Gasteiger partial charge in [-0.1, -0.05) is 19.1 Å². The minimum absolute atomic E-state index is 0.0750. The van der Waals surface area contributed by atoms with Gasteiger partial charge >= 0.3 is 0 Å². The molecule has 2 rings (SSSR count). The quantitative estimate of drug-likeness (QED) is 0.887. The highest BCUT2D eigenvalue weighted by molar-refractivity contribution is 6.04. The van der Waals surface area contributed by atoms with Gasteiger partial charge in [0, 0.05) is 17.8 Å². The van der Waals surface area contributed by atoms with Crippen LogP contribution in [0.1, 0.15) is 22.8 Å². The molecule has 0 saturated carbocycles.